The van der Waals surface area contributed by atoms with Gasteiger partial charge in [-0.15, -0.1) is 11.6 Å². The van der Waals surface area contributed by atoms with Crippen LogP contribution in [0.25, 0.3) is 0 Å². The first kappa shape index (κ1) is 15.3. The van der Waals surface area contributed by atoms with Gasteiger partial charge in [-0.05, 0) is 56.4 Å². The van der Waals surface area contributed by atoms with Crippen molar-refractivity contribution in [2.24, 2.45) is 17.3 Å². The molecule has 124 valence electrons. The topological polar surface area (TPSA) is 38.3 Å². The molecule has 1 N–H and O–H groups in total. The minimum Gasteiger partial charge on any atom is -0.496 e. The minimum atomic E-state index is -0.228. The van der Waals surface area contributed by atoms with E-state index in [2.05, 4.69) is 5.32 Å². The number of nitrogens with one attached hydrogen (secondary N) is 1. The normalized spacial score (nSPS) is 37.7. The second-order valence-corrected chi connectivity index (χ2v) is 8.69. The molecule has 0 spiro atoms. The highest BCUT2D eigenvalue weighted by Crippen LogP contribution is 2.63. The number of para-hydroxylation sites is 1. The lowest BCUT2D eigenvalue weighted by Gasteiger charge is -2.59. The van der Waals surface area contributed by atoms with Crippen molar-refractivity contribution in [1.29, 1.82) is 0 Å². The number of alkyl halides is 1. The van der Waals surface area contributed by atoms with Gasteiger partial charge in [0.15, 0.2) is 0 Å². The van der Waals surface area contributed by atoms with E-state index >= 15 is 0 Å². The third kappa shape index (κ3) is 2.63. The molecule has 0 aromatic heterocycles. The van der Waals surface area contributed by atoms with Gasteiger partial charge >= 0.3 is 0 Å². The van der Waals surface area contributed by atoms with Crippen LogP contribution >= 0.6 is 11.6 Å². The van der Waals surface area contributed by atoms with E-state index in [9.17, 15) is 4.79 Å². The van der Waals surface area contributed by atoms with Crippen LogP contribution < -0.4 is 10.1 Å². The van der Waals surface area contributed by atoms with Crippen molar-refractivity contribution < 1.29 is 9.53 Å². The van der Waals surface area contributed by atoms with Crippen molar-refractivity contribution in [3.63, 3.8) is 0 Å². The molecule has 1 aromatic rings. The summed E-state index contributed by atoms with van der Waals surface area (Å²) in [7, 11) is 1.66. The van der Waals surface area contributed by atoms with E-state index in [1.165, 1.54) is 6.42 Å². The summed E-state index contributed by atoms with van der Waals surface area (Å²) in [5, 5.41) is 3.17. The molecule has 4 bridgehead atoms. The molecule has 23 heavy (non-hydrogen) atoms. The van der Waals surface area contributed by atoms with Crippen LogP contribution in [0.1, 0.15) is 44.1 Å². The smallest absolute Gasteiger partial charge is 0.226 e. The second-order valence-electron chi connectivity index (χ2n) is 7.89. The van der Waals surface area contributed by atoms with E-state index in [0.29, 0.717) is 18.4 Å². The number of rotatable bonds is 4. The summed E-state index contributed by atoms with van der Waals surface area (Å²) >= 11 is 6.83. The summed E-state index contributed by atoms with van der Waals surface area (Å²) in [5.41, 5.74) is 0.794. The highest BCUT2D eigenvalue weighted by molar-refractivity contribution is 6.24. The van der Waals surface area contributed by atoms with Crippen LogP contribution in [0.2, 0.25) is 0 Å². The number of halogens is 1. The summed E-state index contributed by atoms with van der Waals surface area (Å²) in [4.78, 5) is 12.9. The Morgan fingerprint density at radius 1 is 1.26 bits per heavy atom. The van der Waals surface area contributed by atoms with Crippen molar-refractivity contribution in [1.82, 2.24) is 5.32 Å². The van der Waals surface area contributed by atoms with Crippen LogP contribution in [0.4, 0.5) is 0 Å². The summed E-state index contributed by atoms with van der Waals surface area (Å²) in [6.45, 7) is 0.523. The largest absolute Gasteiger partial charge is 0.496 e. The second kappa shape index (κ2) is 5.41. The highest BCUT2D eigenvalue weighted by atomic mass is 35.5. The predicted octanol–water partition coefficient (Wildman–Crippen LogP) is 3.89. The van der Waals surface area contributed by atoms with Gasteiger partial charge < -0.3 is 10.1 Å². The van der Waals surface area contributed by atoms with Gasteiger partial charge in [-0.2, -0.15) is 0 Å². The Kier molecular flexibility index (Phi) is 3.60. The molecule has 4 saturated carbocycles. The molecular formula is C19H24ClNO2. The van der Waals surface area contributed by atoms with Crippen LogP contribution in [-0.2, 0) is 11.3 Å². The summed E-state index contributed by atoms with van der Waals surface area (Å²) in [5.74, 6) is 2.31. The molecule has 0 saturated heterocycles. The quantitative estimate of drug-likeness (QED) is 0.849. The molecule has 0 heterocycles. The van der Waals surface area contributed by atoms with Gasteiger partial charge in [0, 0.05) is 17.0 Å². The Bertz CT molecular complexity index is 616. The number of carbonyl (C=O) groups excluding carboxylic acids is 1. The standard InChI is InChI=1S/C19H24ClNO2/c1-23-16-5-3-2-4-15(16)11-21-17(22)18-7-13-6-14(8-18)10-19(20,9-13)12-18/h2-5,13-14H,6-12H2,1H3,(H,21,22)/t13-,14+,18?,19?. The lowest BCUT2D eigenvalue weighted by molar-refractivity contribution is -0.144. The van der Waals surface area contributed by atoms with E-state index in [1.54, 1.807) is 7.11 Å². The van der Waals surface area contributed by atoms with Crippen LogP contribution in [0.3, 0.4) is 0 Å². The highest BCUT2D eigenvalue weighted by Gasteiger charge is 2.59. The van der Waals surface area contributed by atoms with Crippen LogP contribution in [0.15, 0.2) is 24.3 Å². The fourth-order valence-electron chi connectivity index (χ4n) is 5.63. The zero-order valence-corrected chi connectivity index (χ0v) is 14.4. The molecule has 4 aliphatic carbocycles. The third-order valence-electron chi connectivity index (χ3n) is 6.10. The summed E-state index contributed by atoms with van der Waals surface area (Å²) < 4.78 is 5.37. The zero-order valence-electron chi connectivity index (χ0n) is 13.6. The number of hydrogen-bond acceptors (Lipinski definition) is 2. The average Bonchev–Trinajstić information content (AvgIpc) is 2.50. The van der Waals surface area contributed by atoms with Crippen molar-refractivity contribution in [2.75, 3.05) is 7.11 Å². The molecule has 0 aliphatic heterocycles. The van der Waals surface area contributed by atoms with Gasteiger partial charge in [0.2, 0.25) is 5.91 Å². The Morgan fingerprint density at radius 3 is 2.61 bits per heavy atom. The molecule has 4 atom stereocenters. The van der Waals surface area contributed by atoms with Crippen LogP contribution in [0.5, 0.6) is 5.75 Å². The Balaban J connectivity index is 1.49. The first-order valence-corrected chi connectivity index (χ1v) is 8.99. The van der Waals surface area contributed by atoms with Gasteiger partial charge in [0.05, 0.1) is 12.5 Å². The number of amides is 1. The maximum atomic E-state index is 13.0. The molecular weight excluding hydrogens is 310 g/mol. The molecule has 5 rings (SSSR count). The van der Waals surface area contributed by atoms with Gasteiger partial charge in [-0.1, -0.05) is 18.2 Å². The lowest BCUT2D eigenvalue weighted by Crippen LogP contribution is -2.58. The molecule has 3 nitrogen and oxygen atoms in total. The average molecular weight is 334 g/mol. The van der Waals surface area contributed by atoms with Gasteiger partial charge in [0.1, 0.15) is 5.75 Å². The van der Waals surface area contributed by atoms with E-state index in [1.807, 2.05) is 24.3 Å². The Hall–Kier alpha value is -1.22. The first-order chi connectivity index (χ1) is 11.0. The van der Waals surface area contributed by atoms with Crippen molar-refractivity contribution in [3.8, 4) is 5.75 Å². The number of methoxy groups -OCH3 is 1. The molecule has 1 amide bonds. The maximum Gasteiger partial charge on any atom is 0.226 e. The molecule has 4 aliphatic rings. The molecule has 4 heteroatoms. The Labute approximate surface area is 142 Å². The van der Waals surface area contributed by atoms with E-state index < -0.39 is 0 Å². The van der Waals surface area contributed by atoms with Crippen LogP contribution in [0, 0.1) is 17.3 Å². The number of benzene rings is 1. The lowest BCUT2D eigenvalue weighted by atomic mass is 9.49. The molecule has 0 radical (unpaired) electrons. The first-order valence-electron chi connectivity index (χ1n) is 8.61. The van der Waals surface area contributed by atoms with E-state index in [-0.39, 0.29) is 16.2 Å². The molecule has 4 fully saturated rings. The fraction of sp³-hybridized carbons (Fsp3) is 0.632. The summed E-state index contributed by atoms with van der Waals surface area (Å²) in [6.07, 6.45) is 6.38. The SMILES string of the molecule is COc1ccccc1CNC(=O)C12C[C@@H]3C[C@@H](CC(Cl)(C3)C1)C2. The van der Waals surface area contributed by atoms with E-state index in [0.717, 1.165) is 43.4 Å². The monoisotopic (exact) mass is 333 g/mol. The number of carbonyl (C=O) groups is 1. The maximum absolute atomic E-state index is 13.0. The fourth-order valence-corrected chi connectivity index (χ4v) is 6.32. The van der Waals surface area contributed by atoms with Crippen LogP contribution in [-0.4, -0.2) is 17.9 Å². The van der Waals surface area contributed by atoms with Crippen molar-refractivity contribution in [2.45, 2.75) is 49.9 Å². The predicted molar refractivity (Wildman–Crippen MR) is 90.5 cm³/mol. The van der Waals surface area contributed by atoms with Gasteiger partial charge in [0.25, 0.3) is 0 Å². The van der Waals surface area contributed by atoms with Gasteiger partial charge in [-0.25, -0.2) is 0 Å². The Morgan fingerprint density at radius 2 is 1.96 bits per heavy atom. The zero-order chi connectivity index (χ0) is 16.1. The molecule has 2 unspecified atom stereocenters. The van der Waals surface area contributed by atoms with Gasteiger partial charge in [-0.3, -0.25) is 4.79 Å². The van der Waals surface area contributed by atoms with Crippen molar-refractivity contribution >= 4 is 17.5 Å². The molecule has 1 aromatic carbocycles. The number of ether oxygens (including phenoxy) is 1. The van der Waals surface area contributed by atoms with Crippen molar-refractivity contribution in [3.05, 3.63) is 29.8 Å². The minimum absolute atomic E-state index is 0.119. The van der Waals surface area contributed by atoms with E-state index in [4.69, 9.17) is 16.3 Å². The summed E-state index contributed by atoms with van der Waals surface area (Å²) in [6, 6.07) is 7.85. The third-order valence-corrected chi connectivity index (χ3v) is 6.55. The number of hydrogen-bond donors (Lipinski definition) is 1.